The van der Waals surface area contributed by atoms with Crippen LogP contribution in [0.4, 0.5) is 0 Å². The minimum absolute atomic E-state index is 0.0580. The summed E-state index contributed by atoms with van der Waals surface area (Å²) in [5.74, 6) is 1.07. The molecule has 0 aromatic heterocycles. The lowest BCUT2D eigenvalue weighted by atomic mass is 10.1. The number of rotatable bonds is 3. The molecular weight excluding hydrogens is 208 g/mol. The van der Waals surface area contributed by atoms with Crippen molar-refractivity contribution in [3.8, 4) is 0 Å². The van der Waals surface area contributed by atoms with Crippen LogP contribution in [0, 0.1) is 0 Å². The average molecular weight is 232 g/mol. The molecule has 0 saturated carbocycles. The van der Waals surface area contributed by atoms with Crippen LogP contribution in [0.2, 0.25) is 0 Å². The molecule has 94 valence electrons. The van der Waals surface area contributed by atoms with Gasteiger partial charge >= 0.3 is 0 Å². The smallest absolute Gasteiger partial charge is 0.101 e. The van der Waals surface area contributed by atoms with Crippen LogP contribution in [0.5, 0.6) is 0 Å². The zero-order valence-corrected chi connectivity index (χ0v) is 11.6. The van der Waals surface area contributed by atoms with E-state index in [9.17, 15) is 0 Å². The van der Waals surface area contributed by atoms with Crippen molar-refractivity contribution in [1.29, 1.82) is 0 Å². The highest BCUT2D eigenvalue weighted by molar-refractivity contribution is 5.85. The number of benzene rings is 1. The number of hydrogen-bond donors (Lipinski definition) is 1. The minimum Gasteiger partial charge on any atom is -0.369 e. The highest BCUT2D eigenvalue weighted by atomic mass is 15.0. The molecule has 0 atom stereocenters. The van der Waals surface area contributed by atoms with E-state index in [0.717, 1.165) is 12.3 Å². The Morgan fingerprint density at radius 2 is 1.76 bits per heavy atom. The summed E-state index contributed by atoms with van der Waals surface area (Å²) < 4.78 is 0. The molecule has 1 aromatic rings. The van der Waals surface area contributed by atoms with Gasteiger partial charge in [0.1, 0.15) is 5.84 Å². The summed E-state index contributed by atoms with van der Waals surface area (Å²) in [6.07, 6.45) is 0.871. The van der Waals surface area contributed by atoms with Crippen LogP contribution in [-0.4, -0.2) is 17.4 Å². The zero-order valence-electron chi connectivity index (χ0n) is 11.6. The van der Waals surface area contributed by atoms with Gasteiger partial charge in [-0.15, -0.1) is 0 Å². The molecule has 2 nitrogen and oxygen atoms in total. The molecule has 0 amide bonds. The van der Waals surface area contributed by atoms with Crippen molar-refractivity contribution in [2.45, 2.75) is 52.6 Å². The first kappa shape index (κ1) is 13.8. The molecule has 1 rings (SSSR count). The lowest BCUT2D eigenvalue weighted by Crippen LogP contribution is -2.42. The van der Waals surface area contributed by atoms with Gasteiger partial charge in [-0.05, 0) is 40.2 Å². The lowest BCUT2D eigenvalue weighted by molar-refractivity contribution is 0.506. The normalized spacial score (nSPS) is 12.9. The number of nitrogens with one attached hydrogen (secondary N) is 1. The zero-order chi connectivity index (χ0) is 12.9. The van der Waals surface area contributed by atoms with Crippen LogP contribution in [0.15, 0.2) is 35.3 Å². The van der Waals surface area contributed by atoms with Crippen molar-refractivity contribution in [2.24, 2.45) is 4.99 Å². The van der Waals surface area contributed by atoms with E-state index >= 15 is 0 Å². The van der Waals surface area contributed by atoms with Gasteiger partial charge in [0.25, 0.3) is 0 Å². The van der Waals surface area contributed by atoms with Crippen LogP contribution >= 0.6 is 0 Å². The van der Waals surface area contributed by atoms with Gasteiger partial charge in [0, 0.05) is 18.0 Å². The Hall–Kier alpha value is -1.31. The van der Waals surface area contributed by atoms with Crippen molar-refractivity contribution in [2.75, 3.05) is 0 Å². The van der Waals surface area contributed by atoms with Gasteiger partial charge in [0.05, 0.1) is 0 Å². The summed E-state index contributed by atoms with van der Waals surface area (Å²) >= 11 is 0. The Morgan fingerprint density at radius 3 is 2.24 bits per heavy atom. The van der Waals surface area contributed by atoms with Crippen LogP contribution in [0.3, 0.4) is 0 Å². The summed E-state index contributed by atoms with van der Waals surface area (Å²) in [5, 5.41) is 3.49. The first-order chi connectivity index (χ1) is 7.87. The van der Waals surface area contributed by atoms with Crippen molar-refractivity contribution in [3.05, 3.63) is 35.9 Å². The highest BCUT2D eigenvalue weighted by Crippen LogP contribution is 2.05. The summed E-state index contributed by atoms with van der Waals surface area (Å²) in [4.78, 5) is 4.66. The molecular formula is C15H24N2. The Morgan fingerprint density at radius 1 is 1.18 bits per heavy atom. The molecule has 0 aliphatic heterocycles. The number of amidine groups is 1. The summed E-state index contributed by atoms with van der Waals surface area (Å²) in [7, 11) is 0. The van der Waals surface area contributed by atoms with Crippen LogP contribution in [-0.2, 0) is 6.42 Å². The topological polar surface area (TPSA) is 24.4 Å². The highest BCUT2D eigenvalue weighted by Gasteiger charge is 2.12. The molecule has 0 bridgehead atoms. The first-order valence-electron chi connectivity index (χ1n) is 6.25. The summed E-state index contributed by atoms with van der Waals surface area (Å²) in [6.45, 7) is 10.7. The molecule has 0 aliphatic carbocycles. The van der Waals surface area contributed by atoms with Gasteiger partial charge in [-0.3, -0.25) is 4.99 Å². The standard InChI is InChI=1S/C15H24N2/c1-12(2)16-14(17-15(3,4)5)11-13-9-7-6-8-10-13/h6-10,12H,11H2,1-5H3,(H,16,17). The van der Waals surface area contributed by atoms with E-state index in [1.807, 2.05) is 6.07 Å². The number of nitrogens with zero attached hydrogens (tertiary/aromatic N) is 1. The van der Waals surface area contributed by atoms with E-state index in [-0.39, 0.29) is 5.54 Å². The predicted octanol–water partition coefficient (Wildman–Crippen LogP) is 3.42. The van der Waals surface area contributed by atoms with E-state index in [1.165, 1.54) is 5.56 Å². The van der Waals surface area contributed by atoms with Gasteiger partial charge in [0.15, 0.2) is 0 Å². The van der Waals surface area contributed by atoms with Gasteiger partial charge in [0.2, 0.25) is 0 Å². The molecule has 0 fully saturated rings. The number of hydrogen-bond acceptors (Lipinski definition) is 1. The third-order valence-corrected chi connectivity index (χ3v) is 2.15. The molecule has 0 aliphatic rings. The second kappa shape index (κ2) is 5.85. The largest absolute Gasteiger partial charge is 0.369 e. The second-order valence-corrected chi connectivity index (χ2v) is 5.71. The number of aliphatic imine (C=N–C) groups is 1. The van der Waals surface area contributed by atoms with Crippen molar-refractivity contribution in [3.63, 3.8) is 0 Å². The fourth-order valence-corrected chi connectivity index (χ4v) is 1.66. The minimum atomic E-state index is 0.0580. The molecule has 2 heteroatoms. The summed E-state index contributed by atoms with van der Waals surface area (Å²) in [5.41, 5.74) is 1.35. The van der Waals surface area contributed by atoms with Gasteiger partial charge in [-0.2, -0.15) is 0 Å². The fraction of sp³-hybridized carbons (Fsp3) is 0.533. The van der Waals surface area contributed by atoms with E-state index < -0.39 is 0 Å². The van der Waals surface area contributed by atoms with E-state index in [0.29, 0.717) is 6.04 Å². The maximum atomic E-state index is 4.66. The molecule has 0 spiro atoms. The van der Waals surface area contributed by atoms with Gasteiger partial charge < -0.3 is 5.32 Å². The first-order valence-corrected chi connectivity index (χ1v) is 6.25. The van der Waals surface area contributed by atoms with E-state index in [4.69, 9.17) is 0 Å². The fourth-order valence-electron chi connectivity index (χ4n) is 1.66. The Bertz CT molecular complexity index is 358. The lowest BCUT2D eigenvalue weighted by Gasteiger charge is -2.24. The van der Waals surface area contributed by atoms with Crippen molar-refractivity contribution < 1.29 is 0 Å². The van der Waals surface area contributed by atoms with Crippen molar-refractivity contribution in [1.82, 2.24) is 5.32 Å². The Balaban J connectivity index is 2.78. The molecule has 0 heterocycles. The second-order valence-electron chi connectivity index (χ2n) is 5.71. The predicted molar refractivity (Wildman–Crippen MR) is 75.6 cm³/mol. The maximum absolute atomic E-state index is 4.66. The molecule has 1 N–H and O–H groups in total. The third kappa shape index (κ3) is 6.10. The molecule has 0 radical (unpaired) electrons. The van der Waals surface area contributed by atoms with Crippen LogP contribution < -0.4 is 5.32 Å². The molecule has 17 heavy (non-hydrogen) atoms. The van der Waals surface area contributed by atoms with Crippen LogP contribution in [0.25, 0.3) is 0 Å². The van der Waals surface area contributed by atoms with Crippen LogP contribution in [0.1, 0.15) is 40.2 Å². The SMILES string of the molecule is CC(C)N=C(Cc1ccccc1)NC(C)(C)C. The molecule has 0 unspecified atom stereocenters. The Kier molecular flexibility index (Phi) is 4.73. The van der Waals surface area contributed by atoms with E-state index in [2.05, 4.69) is 69.2 Å². The molecule has 1 aromatic carbocycles. The van der Waals surface area contributed by atoms with Crippen molar-refractivity contribution >= 4 is 5.84 Å². The third-order valence-electron chi connectivity index (χ3n) is 2.15. The molecule has 0 saturated heterocycles. The van der Waals surface area contributed by atoms with Gasteiger partial charge in [-0.25, -0.2) is 0 Å². The van der Waals surface area contributed by atoms with Gasteiger partial charge in [-0.1, -0.05) is 30.3 Å². The monoisotopic (exact) mass is 232 g/mol. The quantitative estimate of drug-likeness (QED) is 0.626. The average Bonchev–Trinajstić information content (AvgIpc) is 2.15. The summed E-state index contributed by atoms with van der Waals surface area (Å²) in [6, 6.07) is 10.8. The maximum Gasteiger partial charge on any atom is 0.101 e. The van der Waals surface area contributed by atoms with E-state index in [1.54, 1.807) is 0 Å². The Labute approximate surface area is 105 Å².